The normalized spacial score (nSPS) is 24.6. The van der Waals surface area contributed by atoms with Crippen molar-refractivity contribution < 1.29 is 26.7 Å². The molecule has 1 heterocycles. The van der Waals surface area contributed by atoms with Gasteiger partial charge in [0.15, 0.2) is 9.84 Å². The molecule has 2 rings (SSSR count). The van der Waals surface area contributed by atoms with E-state index in [9.17, 15) is 26.7 Å². The fourth-order valence-corrected chi connectivity index (χ4v) is 4.53. The van der Waals surface area contributed by atoms with Gasteiger partial charge < -0.3 is 10.4 Å². The summed E-state index contributed by atoms with van der Waals surface area (Å²) >= 11 is 0. The quantitative estimate of drug-likeness (QED) is 0.877. The van der Waals surface area contributed by atoms with Gasteiger partial charge in [-0.3, -0.25) is 0 Å². The minimum Gasteiger partial charge on any atom is -0.387 e. The van der Waals surface area contributed by atoms with E-state index in [4.69, 9.17) is 0 Å². The van der Waals surface area contributed by atoms with Crippen LogP contribution in [-0.2, 0) is 22.6 Å². The number of hydrogen-bond donors (Lipinski definition) is 2. The fraction of sp³-hybridized carbons (Fsp3) is 0.571. The number of aliphatic hydroxyl groups is 1. The lowest BCUT2D eigenvalue weighted by molar-refractivity contribution is -0.138. The smallest absolute Gasteiger partial charge is 0.387 e. The van der Waals surface area contributed by atoms with Crippen molar-refractivity contribution in [2.24, 2.45) is 0 Å². The Labute approximate surface area is 127 Å². The monoisotopic (exact) mass is 337 g/mol. The summed E-state index contributed by atoms with van der Waals surface area (Å²) < 4.78 is 60.7. The van der Waals surface area contributed by atoms with Crippen molar-refractivity contribution in [1.82, 2.24) is 5.32 Å². The van der Waals surface area contributed by atoms with E-state index in [0.717, 1.165) is 6.07 Å². The second kappa shape index (κ2) is 5.82. The summed E-state index contributed by atoms with van der Waals surface area (Å²) in [5.41, 5.74) is -1.18. The lowest BCUT2D eigenvalue weighted by Crippen LogP contribution is -2.41. The van der Waals surface area contributed by atoms with Crippen molar-refractivity contribution in [3.8, 4) is 0 Å². The van der Waals surface area contributed by atoms with Gasteiger partial charge in [-0.25, -0.2) is 8.42 Å². The predicted molar refractivity (Wildman–Crippen MR) is 76.1 cm³/mol. The molecule has 0 radical (unpaired) electrons. The van der Waals surface area contributed by atoms with Gasteiger partial charge in [-0.1, -0.05) is 12.1 Å². The summed E-state index contributed by atoms with van der Waals surface area (Å²) in [5.74, 6) is -0.316. The number of aryl methyl sites for hydroxylation is 1. The lowest BCUT2D eigenvalue weighted by atomic mass is 10.0. The maximum Gasteiger partial charge on any atom is 0.416 e. The van der Waals surface area contributed by atoms with Crippen LogP contribution in [0.5, 0.6) is 0 Å². The first-order chi connectivity index (χ1) is 10.0. The molecule has 1 aliphatic heterocycles. The number of halogens is 3. The van der Waals surface area contributed by atoms with Gasteiger partial charge in [-0.15, -0.1) is 0 Å². The maximum atomic E-state index is 12.7. The first kappa shape index (κ1) is 17.2. The third kappa shape index (κ3) is 4.21. The first-order valence-electron chi connectivity index (χ1n) is 6.81. The number of alkyl halides is 3. The second-order valence-corrected chi connectivity index (χ2v) is 8.00. The highest BCUT2D eigenvalue weighted by Crippen LogP contribution is 2.32. The zero-order chi connectivity index (χ0) is 16.6. The van der Waals surface area contributed by atoms with E-state index >= 15 is 0 Å². The average Bonchev–Trinajstić information content (AvgIpc) is 2.62. The summed E-state index contributed by atoms with van der Waals surface area (Å²) in [4.78, 5) is 0. The number of benzene rings is 1. The predicted octanol–water partition coefficient (Wildman–Crippen LogP) is 1.65. The van der Waals surface area contributed by atoms with Crippen molar-refractivity contribution in [1.29, 1.82) is 0 Å². The van der Waals surface area contributed by atoms with Crippen LogP contribution < -0.4 is 5.32 Å². The minimum atomic E-state index is -4.37. The van der Waals surface area contributed by atoms with E-state index in [1.165, 1.54) is 19.1 Å². The van der Waals surface area contributed by atoms with Gasteiger partial charge in [0, 0.05) is 13.1 Å². The van der Waals surface area contributed by atoms with Crippen molar-refractivity contribution in [3.05, 3.63) is 34.9 Å². The molecule has 8 heteroatoms. The average molecular weight is 337 g/mol. The Balaban J connectivity index is 1.94. The Morgan fingerprint density at radius 3 is 2.55 bits per heavy atom. The summed E-state index contributed by atoms with van der Waals surface area (Å²) in [7, 11) is -3.19. The zero-order valence-corrected chi connectivity index (χ0v) is 12.9. The van der Waals surface area contributed by atoms with Gasteiger partial charge in [0.2, 0.25) is 0 Å². The van der Waals surface area contributed by atoms with Crippen LogP contribution in [0.1, 0.15) is 23.1 Å². The highest BCUT2D eigenvalue weighted by Gasteiger charge is 2.40. The molecule has 1 fully saturated rings. The molecular weight excluding hydrogens is 319 g/mol. The van der Waals surface area contributed by atoms with Crippen LogP contribution in [0.25, 0.3) is 0 Å². The molecule has 2 N–H and O–H groups in total. The third-order valence-corrected chi connectivity index (χ3v) is 5.55. The van der Waals surface area contributed by atoms with Gasteiger partial charge in [0.1, 0.15) is 0 Å². The molecule has 4 nitrogen and oxygen atoms in total. The SMILES string of the molecule is Cc1cc(CNCC2(O)CCS(=O)(=O)C2)ccc1C(F)(F)F. The molecule has 124 valence electrons. The molecule has 22 heavy (non-hydrogen) atoms. The van der Waals surface area contributed by atoms with Crippen molar-refractivity contribution in [2.75, 3.05) is 18.1 Å². The van der Waals surface area contributed by atoms with Crippen LogP contribution in [0.3, 0.4) is 0 Å². The van der Waals surface area contributed by atoms with E-state index in [1.807, 2.05) is 0 Å². The zero-order valence-electron chi connectivity index (χ0n) is 12.1. The topological polar surface area (TPSA) is 66.4 Å². The Bertz CT molecular complexity index is 658. The molecule has 1 unspecified atom stereocenters. The van der Waals surface area contributed by atoms with Gasteiger partial charge in [-0.2, -0.15) is 13.2 Å². The van der Waals surface area contributed by atoms with E-state index in [1.54, 1.807) is 0 Å². The standard InChI is InChI=1S/C14H18F3NO3S/c1-10-6-11(2-3-12(10)14(15,16)17)7-18-8-13(19)4-5-22(20,21)9-13/h2-3,6,18-19H,4-5,7-9H2,1H3. The molecule has 1 saturated heterocycles. The molecule has 0 spiro atoms. The minimum absolute atomic E-state index is 0.0371. The van der Waals surface area contributed by atoms with Crippen LogP contribution >= 0.6 is 0 Å². The second-order valence-electron chi connectivity index (χ2n) is 5.82. The lowest BCUT2D eigenvalue weighted by Gasteiger charge is -2.21. The summed E-state index contributed by atoms with van der Waals surface area (Å²) in [5, 5.41) is 13.0. The van der Waals surface area contributed by atoms with E-state index in [0.29, 0.717) is 5.56 Å². The molecule has 1 aromatic carbocycles. The molecule has 1 aromatic rings. The summed E-state index contributed by atoms with van der Waals surface area (Å²) in [6.07, 6.45) is -4.20. The van der Waals surface area contributed by atoms with E-state index < -0.39 is 27.2 Å². The number of nitrogens with one attached hydrogen (secondary N) is 1. The molecule has 0 aromatic heterocycles. The highest BCUT2D eigenvalue weighted by atomic mass is 32.2. The first-order valence-corrected chi connectivity index (χ1v) is 8.63. The van der Waals surface area contributed by atoms with Gasteiger partial charge in [0.25, 0.3) is 0 Å². The van der Waals surface area contributed by atoms with Crippen LogP contribution in [0.2, 0.25) is 0 Å². The highest BCUT2D eigenvalue weighted by molar-refractivity contribution is 7.91. The fourth-order valence-electron chi connectivity index (χ4n) is 2.63. The van der Waals surface area contributed by atoms with Crippen molar-refractivity contribution in [3.63, 3.8) is 0 Å². The van der Waals surface area contributed by atoms with Gasteiger partial charge in [0.05, 0.1) is 22.7 Å². The van der Waals surface area contributed by atoms with Crippen LogP contribution in [0.15, 0.2) is 18.2 Å². The Morgan fingerprint density at radius 2 is 2.05 bits per heavy atom. The van der Waals surface area contributed by atoms with Crippen LogP contribution in [-0.4, -0.2) is 37.2 Å². The number of sulfone groups is 1. The third-order valence-electron chi connectivity index (χ3n) is 3.75. The van der Waals surface area contributed by atoms with E-state index in [-0.39, 0.29) is 36.6 Å². The van der Waals surface area contributed by atoms with Crippen LogP contribution in [0.4, 0.5) is 13.2 Å². The largest absolute Gasteiger partial charge is 0.416 e. The Kier molecular flexibility index (Phi) is 4.56. The molecule has 1 aliphatic rings. The molecule has 1 atom stereocenters. The Morgan fingerprint density at radius 1 is 1.36 bits per heavy atom. The molecule has 0 saturated carbocycles. The molecule has 0 aliphatic carbocycles. The van der Waals surface area contributed by atoms with Crippen LogP contribution in [0, 0.1) is 6.92 Å². The van der Waals surface area contributed by atoms with Gasteiger partial charge in [-0.05, 0) is 30.5 Å². The summed E-state index contributed by atoms with van der Waals surface area (Å²) in [6, 6.07) is 3.84. The number of hydrogen-bond acceptors (Lipinski definition) is 4. The van der Waals surface area contributed by atoms with Gasteiger partial charge >= 0.3 is 6.18 Å². The molecule has 0 amide bonds. The maximum absolute atomic E-state index is 12.7. The molecule has 0 bridgehead atoms. The Hall–Kier alpha value is -1.12. The van der Waals surface area contributed by atoms with Crippen molar-refractivity contribution >= 4 is 9.84 Å². The number of rotatable bonds is 4. The van der Waals surface area contributed by atoms with Crippen molar-refractivity contribution in [2.45, 2.75) is 31.7 Å². The molecular formula is C14H18F3NO3S. The summed E-state index contributed by atoms with van der Waals surface area (Å²) in [6.45, 7) is 1.75. The van der Waals surface area contributed by atoms with E-state index in [2.05, 4.69) is 5.32 Å².